The second kappa shape index (κ2) is 3.72. The fourth-order valence-corrected chi connectivity index (χ4v) is 1.56. The summed E-state index contributed by atoms with van der Waals surface area (Å²) in [5, 5.41) is 8.48. The van der Waals surface area contributed by atoms with Crippen molar-refractivity contribution < 1.29 is 9.90 Å². The van der Waals surface area contributed by atoms with Gasteiger partial charge in [-0.05, 0) is 12.8 Å². The molecule has 0 radical (unpaired) electrons. The maximum atomic E-state index is 10.3. The monoisotopic (exact) mass is 169 g/mol. The molecule has 0 amide bonds. The van der Waals surface area contributed by atoms with Crippen molar-refractivity contribution in [2.45, 2.75) is 13.3 Å². The van der Waals surface area contributed by atoms with E-state index in [1.165, 1.54) is 0 Å². The van der Waals surface area contributed by atoms with Crippen LogP contribution in [0.25, 0.3) is 0 Å². The van der Waals surface area contributed by atoms with Gasteiger partial charge in [0.05, 0.1) is 6.42 Å². The first kappa shape index (κ1) is 9.26. The molecule has 1 rings (SSSR count). The Bertz CT molecular complexity index is 175. The molecule has 0 aliphatic carbocycles. The highest BCUT2D eigenvalue weighted by molar-refractivity contribution is 5.67. The Labute approximate surface area is 72.7 Å². The highest BCUT2D eigenvalue weighted by Crippen LogP contribution is 2.19. The molecule has 1 heterocycles. The van der Waals surface area contributed by atoms with Gasteiger partial charge in [-0.2, -0.15) is 0 Å². The highest BCUT2D eigenvalue weighted by Gasteiger charge is 2.27. The van der Waals surface area contributed by atoms with Crippen LogP contribution in [-0.2, 0) is 4.79 Å². The summed E-state index contributed by atoms with van der Waals surface area (Å²) in [7, 11) is 0. The van der Waals surface area contributed by atoms with Gasteiger partial charge < -0.3 is 5.11 Å². The van der Waals surface area contributed by atoms with Crippen molar-refractivity contribution in [2.24, 2.45) is 5.92 Å². The van der Waals surface area contributed by atoms with Gasteiger partial charge in [0.2, 0.25) is 0 Å². The van der Waals surface area contributed by atoms with E-state index in [1.54, 1.807) is 0 Å². The van der Waals surface area contributed by atoms with Gasteiger partial charge in [-0.3, -0.25) is 9.69 Å². The van der Waals surface area contributed by atoms with Crippen LogP contribution in [0.15, 0.2) is 12.2 Å². The van der Waals surface area contributed by atoms with Gasteiger partial charge in [0.25, 0.3) is 0 Å². The first-order chi connectivity index (χ1) is 5.58. The lowest BCUT2D eigenvalue weighted by molar-refractivity contribution is -0.139. The molecular weight excluding hydrogens is 154 g/mol. The first-order valence-corrected chi connectivity index (χ1v) is 4.16. The third-order valence-electron chi connectivity index (χ3n) is 1.99. The van der Waals surface area contributed by atoms with Crippen LogP contribution in [-0.4, -0.2) is 35.6 Å². The molecule has 0 spiro atoms. The van der Waals surface area contributed by atoms with Gasteiger partial charge >= 0.3 is 5.97 Å². The number of carboxylic acid groups (broad SMARTS) is 1. The van der Waals surface area contributed by atoms with E-state index in [0.29, 0.717) is 12.3 Å². The molecule has 12 heavy (non-hydrogen) atoms. The average molecular weight is 169 g/mol. The Hall–Kier alpha value is -0.830. The smallest absolute Gasteiger partial charge is 0.303 e. The lowest BCUT2D eigenvalue weighted by Crippen LogP contribution is -2.47. The van der Waals surface area contributed by atoms with E-state index >= 15 is 0 Å². The second-order valence-corrected chi connectivity index (χ2v) is 3.62. The van der Waals surface area contributed by atoms with E-state index in [-0.39, 0.29) is 0 Å². The van der Waals surface area contributed by atoms with Crippen molar-refractivity contribution >= 4 is 5.97 Å². The molecule has 3 heteroatoms. The predicted molar refractivity (Wildman–Crippen MR) is 47.0 cm³/mol. The Morgan fingerprint density at radius 3 is 2.67 bits per heavy atom. The third kappa shape index (κ3) is 2.66. The molecule has 0 unspecified atom stereocenters. The molecular formula is C9H15NO2. The summed E-state index contributed by atoms with van der Waals surface area (Å²) in [6.45, 7) is 8.54. The van der Waals surface area contributed by atoms with Crippen LogP contribution in [0.4, 0.5) is 0 Å². The number of likely N-dealkylation sites (tertiary alicyclic amines) is 1. The molecule has 3 nitrogen and oxygen atoms in total. The van der Waals surface area contributed by atoms with E-state index < -0.39 is 5.97 Å². The van der Waals surface area contributed by atoms with Crippen LogP contribution < -0.4 is 0 Å². The molecule has 0 aromatic carbocycles. The number of carbonyl (C=O) groups is 1. The Balaban J connectivity index is 2.11. The SMILES string of the molecule is C=C(C)CN1CC(CC(=O)O)C1. The minimum absolute atomic E-state index is 0.312. The van der Waals surface area contributed by atoms with Crippen molar-refractivity contribution in [3.8, 4) is 0 Å². The average Bonchev–Trinajstić information content (AvgIpc) is 1.80. The van der Waals surface area contributed by atoms with Crippen LogP contribution in [0.3, 0.4) is 0 Å². The molecule has 0 bridgehead atoms. The van der Waals surface area contributed by atoms with Gasteiger partial charge in [0, 0.05) is 19.6 Å². The molecule has 1 saturated heterocycles. The molecule has 1 fully saturated rings. The first-order valence-electron chi connectivity index (χ1n) is 4.16. The van der Waals surface area contributed by atoms with Gasteiger partial charge in [0.15, 0.2) is 0 Å². The standard InChI is InChI=1S/C9H15NO2/c1-7(2)4-10-5-8(6-10)3-9(11)12/h8H,1,3-6H2,2H3,(H,11,12). The minimum atomic E-state index is -0.685. The lowest BCUT2D eigenvalue weighted by Gasteiger charge is -2.38. The Morgan fingerprint density at radius 2 is 2.25 bits per heavy atom. The van der Waals surface area contributed by atoms with E-state index in [4.69, 9.17) is 5.11 Å². The van der Waals surface area contributed by atoms with Crippen molar-refractivity contribution in [1.82, 2.24) is 4.90 Å². The number of nitrogens with zero attached hydrogens (tertiary/aromatic N) is 1. The Kier molecular flexibility index (Phi) is 2.87. The fourth-order valence-electron chi connectivity index (χ4n) is 1.56. The number of hydrogen-bond acceptors (Lipinski definition) is 2. The number of rotatable bonds is 4. The number of aliphatic carboxylic acids is 1. The van der Waals surface area contributed by atoms with E-state index in [2.05, 4.69) is 11.5 Å². The fraction of sp³-hybridized carbons (Fsp3) is 0.667. The molecule has 1 aliphatic rings. The van der Waals surface area contributed by atoms with Crippen molar-refractivity contribution in [2.75, 3.05) is 19.6 Å². The van der Waals surface area contributed by atoms with Crippen LogP contribution in [0.1, 0.15) is 13.3 Å². The van der Waals surface area contributed by atoms with E-state index in [9.17, 15) is 4.79 Å². The van der Waals surface area contributed by atoms with E-state index in [1.807, 2.05) is 6.92 Å². The molecule has 0 atom stereocenters. The van der Waals surface area contributed by atoms with Crippen LogP contribution >= 0.6 is 0 Å². The lowest BCUT2D eigenvalue weighted by atomic mass is 9.96. The molecule has 68 valence electrons. The normalized spacial score (nSPS) is 18.8. The summed E-state index contributed by atoms with van der Waals surface area (Å²) in [6, 6.07) is 0. The van der Waals surface area contributed by atoms with Gasteiger partial charge in [-0.15, -0.1) is 0 Å². The molecule has 1 N–H and O–H groups in total. The third-order valence-corrected chi connectivity index (χ3v) is 1.99. The quantitative estimate of drug-likeness (QED) is 0.637. The summed E-state index contributed by atoms with van der Waals surface area (Å²) in [5.41, 5.74) is 1.14. The topological polar surface area (TPSA) is 40.5 Å². The summed E-state index contributed by atoms with van der Waals surface area (Å²) >= 11 is 0. The van der Waals surface area contributed by atoms with Crippen molar-refractivity contribution in [3.05, 3.63) is 12.2 Å². The number of carboxylic acids is 1. The highest BCUT2D eigenvalue weighted by atomic mass is 16.4. The van der Waals surface area contributed by atoms with Crippen molar-refractivity contribution in [3.63, 3.8) is 0 Å². The second-order valence-electron chi connectivity index (χ2n) is 3.62. The number of hydrogen-bond donors (Lipinski definition) is 1. The zero-order chi connectivity index (χ0) is 9.14. The van der Waals surface area contributed by atoms with Gasteiger partial charge in [-0.1, -0.05) is 12.2 Å². The maximum absolute atomic E-state index is 10.3. The molecule has 0 aromatic rings. The van der Waals surface area contributed by atoms with Gasteiger partial charge in [0.1, 0.15) is 0 Å². The van der Waals surface area contributed by atoms with Crippen LogP contribution in [0, 0.1) is 5.92 Å². The van der Waals surface area contributed by atoms with E-state index in [0.717, 1.165) is 25.2 Å². The van der Waals surface area contributed by atoms with Gasteiger partial charge in [-0.25, -0.2) is 0 Å². The predicted octanol–water partition coefficient (Wildman–Crippen LogP) is 0.969. The maximum Gasteiger partial charge on any atom is 0.303 e. The minimum Gasteiger partial charge on any atom is -0.481 e. The van der Waals surface area contributed by atoms with Crippen LogP contribution in [0.2, 0.25) is 0 Å². The zero-order valence-corrected chi connectivity index (χ0v) is 7.42. The molecule has 0 aromatic heterocycles. The summed E-state index contributed by atoms with van der Waals surface area (Å²) < 4.78 is 0. The molecule has 1 aliphatic heterocycles. The molecule has 0 saturated carbocycles. The van der Waals surface area contributed by atoms with Crippen LogP contribution in [0.5, 0.6) is 0 Å². The zero-order valence-electron chi connectivity index (χ0n) is 7.42. The van der Waals surface area contributed by atoms with Crippen molar-refractivity contribution in [1.29, 1.82) is 0 Å². The summed E-state index contributed by atoms with van der Waals surface area (Å²) in [6.07, 6.45) is 0.312. The summed E-state index contributed by atoms with van der Waals surface area (Å²) in [4.78, 5) is 12.5. The largest absolute Gasteiger partial charge is 0.481 e. The Morgan fingerprint density at radius 1 is 1.67 bits per heavy atom. The summed E-state index contributed by atoms with van der Waals surface area (Å²) in [5.74, 6) is -0.322.